The van der Waals surface area contributed by atoms with Crippen LogP contribution >= 0.6 is 0 Å². The van der Waals surface area contributed by atoms with Crippen LogP contribution in [-0.2, 0) is 0 Å². The van der Waals surface area contributed by atoms with Crippen LogP contribution in [0.15, 0.2) is 30.5 Å². The van der Waals surface area contributed by atoms with E-state index < -0.39 is 0 Å². The van der Waals surface area contributed by atoms with Crippen LogP contribution in [0.1, 0.15) is 32.1 Å². The molecule has 19 heavy (non-hydrogen) atoms. The molecule has 1 saturated carbocycles. The predicted molar refractivity (Wildman–Crippen MR) is 78.0 cm³/mol. The predicted octanol–water partition coefficient (Wildman–Crippen LogP) is 2.70. The Kier molecular flexibility index (Phi) is 3.34. The van der Waals surface area contributed by atoms with Crippen LogP contribution in [0, 0.1) is 0 Å². The van der Waals surface area contributed by atoms with Gasteiger partial charge in [0.2, 0.25) is 0 Å². The van der Waals surface area contributed by atoms with Crippen LogP contribution in [0.5, 0.6) is 0 Å². The summed E-state index contributed by atoms with van der Waals surface area (Å²) in [4.78, 5) is 0. The first kappa shape index (κ1) is 12.4. The van der Waals surface area contributed by atoms with Gasteiger partial charge in [-0.15, -0.1) is 5.10 Å². The molecule has 0 amide bonds. The van der Waals surface area contributed by atoms with Gasteiger partial charge in [0.1, 0.15) is 0 Å². The van der Waals surface area contributed by atoms with Gasteiger partial charge in [-0.05, 0) is 12.8 Å². The summed E-state index contributed by atoms with van der Waals surface area (Å²) in [6, 6.07) is 8.20. The van der Waals surface area contributed by atoms with Crippen molar-refractivity contribution in [3.63, 3.8) is 0 Å². The third-order valence-electron chi connectivity index (χ3n) is 4.16. The van der Waals surface area contributed by atoms with Gasteiger partial charge in [-0.2, -0.15) is 5.10 Å². The minimum absolute atomic E-state index is 0.00292. The second-order valence-electron chi connectivity index (χ2n) is 5.45. The van der Waals surface area contributed by atoms with E-state index in [1.807, 2.05) is 12.1 Å². The second-order valence-corrected chi connectivity index (χ2v) is 5.45. The van der Waals surface area contributed by atoms with E-state index in [1.165, 1.54) is 19.3 Å². The van der Waals surface area contributed by atoms with Crippen molar-refractivity contribution in [3.8, 4) is 0 Å². The molecule has 1 aliphatic carbocycles. The van der Waals surface area contributed by atoms with E-state index in [9.17, 15) is 0 Å². The number of aromatic nitrogens is 2. The fourth-order valence-corrected chi connectivity index (χ4v) is 2.98. The van der Waals surface area contributed by atoms with Gasteiger partial charge in [0.05, 0.1) is 11.7 Å². The Bertz CT molecular complexity index is 556. The van der Waals surface area contributed by atoms with Crippen LogP contribution in [-0.4, -0.2) is 22.3 Å². The Hall–Kier alpha value is -1.68. The highest BCUT2D eigenvalue weighted by atomic mass is 15.2. The first-order valence-corrected chi connectivity index (χ1v) is 7.02. The molecule has 1 aliphatic rings. The van der Waals surface area contributed by atoms with Crippen molar-refractivity contribution in [2.75, 3.05) is 11.9 Å². The molecule has 0 radical (unpaired) electrons. The van der Waals surface area contributed by atoms with Gasteiger partial charge in [-0.3, -0.25) is 0 Å². The molecule has 4 nitrogen and oxygen atoms in total. The number of hydrogen-bond donors (Lipinski definition) is 2. The Morgan fingerprint density at radius 3 is 2.74 bits per heavy atom. The van der Waals surface area contributed by atoms with Gasteiger partial charge >= 0.3 is 0 Å². The average molecular weight is 256 g/mol. The van der Waals surface area contributed by atoms with Gasteiger partial charge in [0.15, 0.2) is 5.82 Å². The summed E-state index contributed by atoms with van der Waals surface area (Å²) in [5, 5.41) is 14.2. The Balaban J connectivity index is 1.96. The maximum atomic E-state index is 6.02. The molecule has 0 spiro atoms. The Morgan fingerprint density at radius 1 is 1.16 bits per heavy atom. The van der Waals surface area contributed by atoms with E-state index in [0.29, 0.717) is 6.54 Å². The highest BCUT2D eigenvalue weighted by Gasteiger charge is 2.31. The molecule has 1 aromatic carbocycles. The van der Waals surface area contributed by atoms with Crippen LogP contribution in [0.2, 0.25) is 0 Å². The fraction of sp³-hybridized carbons (Fsp3) is 0.467. The molecule has 2 aromatic rings. The van der Waals surface area contributed by atoms with E-state index in [-0.39, 0.29) is 5.54 Å². The third kappa shape index (κ3) is 2.40. The van der Waals surface area contributed by atoms with Crippen molar-refractivity contribution in [2.24, 2.45) is 5.73 Å². The molecule has 4 heteroatoms. The largest absolute Gasteiger partial charge is 0.361 e. The van der Waals surface area contributed by atoms with Crippen molar-refractivity contribution in [3.05, 3.63) is 30.5 Å². The normalized spacial score (nSPS) is 18.4. The summed E-state index contributed by atoms with van der Waals surface area (Å²) in [5.41, 5.74) is 6.02. The number of benzene rings is 1. The number of nitrogens with two attached hydrogens (primary N) is 1. The van der Waals surface area contributed by atoms with E-state index in [0.717, 1.165) is 29.4 Å². The third-order valence-corrected chi connectivity index (χ3v) is 4.16. The van der Waals surface area contributed by atoms with Crippen LogP contribution in [0.3, 0.4) is 0 Å². The quantitative estimate of drug-likeness (QED) is 0.886. The monoisotopic (exact) mass is 256 g/mol. The van der Waals surface area contributed by atoms with Gasteiger partial charge < -0.3 is 11.1 Å². The summed E-state index contributed by atoms with van der Waals surface area (Å²) in [7, 11) is 0. The van der Waals surface area contributed by atoms with Crippen molar-refractivity contribution < 1.29 is 0 Å². The SMILES string of the molecule is NCC1(Nc2nncc3ccccc23)CCCCC1. The lowest BCUT2D eigenvalue weighted by molar-refractivity contribution is 0.330. The minimum Gasteiger partial charge on any atom is -0.361 e. The summed E-state index contributed by atoms with van der Waals surface area (Å²) >= 11 is 0. The molecular formula is C15H20N4. The zero-order valence-corrected chi connectivity index (χ0v) is 11.1. The van der Waals surface area contributed by atoms with Gasteiger partial charge in [0, 0.05) is 17.3 Å². The van der Waals surface area contributed by atoms with E-state index >= 15 is 0 Å². The summed E-state index contributed by atoms with van der Waals surface area (Å²) in [6.07, 6.45) is 7.83. The number of anilines is 1. The molecule has 0 saturated heterocycles. The van der Waals surface area contributed by atoms with Gasteiger partial charge in [-0.25, -0.2) is 0 Å². The van der Waals surface area contributed by atoms with Gasteiger partial charge in [0.25, 0.3) is 0 Å². The molecule has 100 valence electrons. The lowest BCUT2D eigenvalue weighted by Gasteiger charge is -2.37. The first-order chi connectivity index (χ1) is 9.33. The molecule has 0 bridgehead atoms. The fourth-order valence-electron chi connectivity index (χ4n) is 2.98. The molecule has 0 unspecified atom stereocenters. The number of rotatable bonds is 3. The summed E-state index contributed by atoms with van der Waals surface area (Å²) in [5.74, 6) is 0.866. The van der Waals surface area contributed by atoms with E-state index in [2.05, 4.69) is 27.6 Å². The Morgan fingerprint density at radius 2 is 1.95 bits per heavy atom. The molecule has 0 aliphatic heterocycles. The zero-order valence-electron chi connectivity index (χ0n) is 11.1. The highest BCUT2D eigenvalue weighted by molar-refractivity contribution is 5.91. The molecule has 1 heterocycles. The van der Waals surface area contributed by atoms with Crippen molar-refractivity contribution >= 4 is 16.6 Å². The number of nitrogens with zero attached hydrogens (tertiary/aromatic N) is 2. The number of nitrogens with one attached hydrogen (secondary N) is 1. The van der Waals surface area contributed by atoms with Crippen LogP contribution in [0.4, 0.5) is 5.82 Å². The van der Waals surface area contributed by atoms with E-state index in [1.54, 1.807) is 6.20 Å². The van der Waals surface area contributed by atoms with Gasteiger partial charge in [-0.1, -0.05) is 43.5 Å². The standard InChI is InChI=1S/C15H20N4/c16-11-15(8-4-1-5-9-15)18-14-13-7-3-2-6-12(13)10-17-19-14/h2-3,6-7,10H,1,4-5,8-9,11,16H2,(H,18,19). The molecular weight excluding hydrogens is 236 g/mol. The second kappa shape index (κ2) is 5.13. The number of fused-ring (bicyclic) bond motifs is 1. The van der Waals surface area contributed by atoms with Crippen LogP contribution < -0.4 is 11.1 Å². The number of hydrogen-bond acceptors (Lipinski definition) is 4. The van der Waals surface area contributed by atoms with Crippen molar-refractivity contribution in [2.45, 2.75) is 37.6 Å². The smallest absolute Gasteiger partial charge is 0.157 e. The highest BCUT2D eigenvalue weighted by Crippen LogP contribution is 2.32. The minimum atomic E-state index is -0.00292. The lowest BCUT2D eigenvalue weighted by Crippen LogP contribution is -2.47. The first-order valence-electron chi connectivity index (χ1n) is 7.02. The molecule has 3 N–H and O–H groups in total. The van der Waals surface area contributed by atoms with E-state index in [4.69, 9.17) is 5.73 Å². The summed E-state index contributed by atoms with van der Waals surface area (Å²) in [6.45, 7) is 0.651. The summed E-state index contributed by atoms with van der Waals surface area (Å²) < 4.78 is 0. The maximum absolute atomic E-state index is 6.02. The molecule has 3 rings (SSSR count). The maximum Gasteiger partial charge on any atom is 0.157 e. The van der Waals surface area contributed by atoms with Crippen LogP contribution in [0.25, 0.3) is 10.8 Å². The molecule has 0 atom stereocenters. The van der Waals surface area contributed by atoms with Crippen molar-refractivity contribution in [1.82, 2.24) is 10.2 Å². The zero-order chi connectivity index (χ0) is 13.1. The molecule has 1 fully saturated rings. The molecule has 1 aromatic heterocycles. The lowest BCUT2D eigenvalue weighted by atomic mass is 9.81. The van der Waals surface area contributed by atoms with Crippen molar-refractivity contribution in [1.29, 1.82) is 0 Å². The topological polar surface area (TPSA) is 63.8 Å². The Labute approximate surface area is 113 Å². The average Bonchev–Trinajstić information content (AvgIpc) is 2.49.